The quantitative estimate of drug-likeness (QED) is 0.667. The Bertz CT molecular complexity index is 284. The van der Waals surface area contributed by atoms with Crippen LogP contribution in [0.1, 0.15) is 18.3 Å². The third-order valence-electron chi connectivity index (χ3n) is 1.43. The van der Waals surface area contributed by atoms with Crippen molar-refractivity contribution >= 4 is 5.76 Å². The van der Waals surface area contributed by atoms with Gasteiger partial charge in [0, 0.05) is 18.0 Å². The number of rotatable bonds is 4. The second-order valence-electron chi connectivity index (χ2n) is 2.40. The van der Waals surface area contributed by atoms with Crippen molar-refractivity contribution in [3.63, 3.8) is 0 Å². The predicted octanol–water partition coefficient (Wildman–Crippen LogP) is 1.95. The first-order valence-corrected chi connectivity index (χ1v) is 3.97. The van der Waals surface area contributed by atoms with Crippen LogP contribution in [0.4, 0.5) is 4.39 Å². The molecule has 1 heterocycles. The normalized spacial score (nSPS) is 9.69. The first kappa shape index (κ1) is 9.64. The van der Waals surface area contributed by atoms with Crippen molar-refractivity contribution in [1.82, 2.24) is 9.97 Å². The van der Waals surface area contributed by atoms with Crippen molar-refractivity contribution in [3.8, 4) is 0 Å². The molecule has 0 unspecified atom stereocenters. The highest BCUT2D eigenvalue weighted by atomic mass is 19.1. The molecule has 70 valence electrons. The molecule has 1 rings (SSSR count). The Morgan fingerprint density at radius 3 is 2.62 bits per heavy atom. The lowest BCUT2D eigenvalue weighted by Crippen LogP contribution is -1.97. The zero-order valence-corrected chi connectivity index (χ0v) is 7.46. The van der Waals surface area contributed by atoms with E-state index in [9.17, 15) is 4.39 Å². The van der Waals surface area contributed by atoms with Gasteiger partial charge in [-0.1, -0.05) is 6.58 Å². The highest BCUT2D eigenvalue weighted by Crippen LogP contribution is 2.08. The molecular formula is C9H11FN2O. The van der Waals surface area contributed by atoms with Gasteiger partial charge in [-0.2, -0.15) is 0 Å². The van der Waals surface area contributed by atoms with Crippen LogP contribution in [-0.4, -0.2) is 16.6 Å². The zero-order chi connectivity index (χ0) is 9.68. The summed E-state index contributed by atoms with van der Waals surface area (Å²) in [6, 6.07) is 0. The van der Waals surface area contributed by atoms with Gasteiger partial charge in [-0.3, -0.25) is 0 Å². The second-order valence-corrected chi connectivity index (χ2v) is 2.40. The molecule has 3 nitrogen and oxygen atoms in total. The van der Waals surface area contributed by atoms with Crippen LogP contribution < -0.4 is 0 Å². The maximum Gasteiger partial charge on any atom is 0.194 e. The van der Waals surface area contributed by atoms with Crippen LogP contribution in [0.25, 0.3) is 5.76 Å². The summed E-state index contributed by atoms with van der Waals surface area (Å²) in [7, 11) is 0. The maximum atomic E-state index is 12.1. The highest BCUT2D eigenvalue weighted by Gasteiger charge is 2.02. The van der Waals surface area contributed by atoms with E-state index < -0.39 is 6.67 Å². The summed E-state index contributed by atoms with van der Waals surface area (Å²) in [6.45, 7) is 5.44. The van der Waals surface area contributed by atoms with Gasteiger partial charge >= 0.3 is 0 Å². The Hall–Kier alpha value is -1.45. The predicted molar refractivity (Wildman–Crippen MR) is 47.5 cm³/mol. The lowest BCUT2D eigenvalue weighted by Gasteiger charge is -2.04. The van der Waals surface area contributed by atoms with Crippen LogP contribution in [-0.2, 0) is 11.4 Å². The molecule has 0 radical (unpaired) electrons. The van der Waals surface area contributed by atoms with Crippen LogP contribution >= 0.6 is 0 Å². The molecule has 4 heteroatoms. The Balaban J connectivity index is 2.74. The molecule has 0 saturated carbocycles. The molecule has 0 spiro atoms. The van der Waals surface area contributed by atoms with Gasteiger partial charge in [0.05, 0.1) is 6.61 Å². The molecule has 0 N–H and O–H groups in total. The summed E-state index contributed by atoms with van der Waals surface area (Å²) < 4.78 is 17.2. The molecule has 0 aliphatic carbocycles. The van der Waals surface area contributed by atoms with E-state index in [2.05, 4.69) is 16.5 Å². The van der Waals surface area contributed by atoms with Crippen LogP contribution in [0.5, 0.6) is 0 Å². The molecule has 0 bridgehead atoms. The number of hydrogen-bond donors (Lipinski definition) is 0. The average molecular weight is 182 g/mol. The van der Waals surface area contributed by atoms with Gasteiger partial charge in [0.2, 0.25) is 0 Å². The lowest BCUT2D eigenvalue weighted by atomic mass is 10.4. The van der Waals surface area contributed by atoms with Gasteiger partial charge in [0.15, 0.2) is 11.6 Å². The third kappa shape index (κ3) is 2.50. The van der Waals surface area contributed by atoms with Crippen LogP contribution in [0, 0.1) is 0 Å². The van der Waals surface area contributed by atoms with Crippen molar-refractivity contribution in [2.45, 2.75) is 13.6 Å². The number of nitrogens with zero attached hydrogens (tertiary/aromatic N) is 2. The maximum absolute atomic E-state index is 12.1. The molecule has 0 atom stereocenters. The van der Waals surface area contributed by atoms with Gasteiger partial charge < -0.3 is 4.74 Å². The van der Waals surface area contributed by atoms with Crippen LogP contribution in [0.2, 0.25) is 0 Å². The largest absolute Gasteiger partial charge is 0.491 e. The summed E-state index contributed by atoms with van der Waals surface area (Å²) in [5.74, 6) is 0.812. The molecule has 0 aliphatic rings. The number of hydrogen-bond acceptors (Lipinski definition) is 3. The first-order chi connectivity index (χ1) is 6.27. The van der Waals surface area contributed by atoms with Gasteiger partial charge in [-0.25, -0.2) is 14.4 Å². The molecule has 1 aromatic heterocycles. The minimum atomic E-state index is -0.554. The highest BCUT2D eigenvalue weighted by molar-refractivity contribution is 5.48. The summed E-state index contributed by atoms with van der Waals surface area (Å²) in [5, 5.41) is 0. The minimum Gasteiger partial charge on any atom is -0.491 e. The van der Waals surface area contributed by atoms with Gasteiger partial charge in [-0.15, -0.1) is 0 Å². The standard InChI is InChI=1S/C9H11FN2O/c1-3-13-7(2)9-11-5-8(4-10)6-12-9/h5-6H,2-4H2,1H3. The summed E-state index contributed by atoms with van der Waals surface area (Å²) in [5.41, 5.74) is 0.452. The summed E-state index contributed by atoms with van der Waals surface area (Å²) >= 11 is 0. The molecule has 0 aliphatic heterocycles. The molecule has 0 fully saturated rings. The summed E-state index contributed by atoms with van der Waals surface area (Å²) in [4.78, 5) is 7.78. The van der Waals surface area contributed by atoms with Crippen molar-refractivity contribution in [2.75, 3.05) is 6.61 Å². The SMILES string of the molecule is C=C(OCC)c1ncc(CF)cn1. The van der Waals surface area contributed by atoms with E-state index in [0.717, 1.165) is 0 Å². The van der Waals surface area contributed by atoms with E-state index in [4.69, 9.17) is 4.74 Å². The molecule has 0 aromatic carbocycles. The molecule has 0 amide bonds. The van der Waals surface area contributed by atoms with Crippen LogP contribution in [0.15, 0.2) is 19.0 Å². The topological polar surface area (TPSA) is 35.0 Å². The van der Waals surface area contributed by atoms with Crippen molar-refractivity contribution < 1.29 is 9.13 Å². The number of ether oxygens (including phenoxy) is 1. The van der Waals surface area contributed by atoms with E-state index >= 15 is 0 Å². The fraction of sp³-hybridized carbons (Fsp3) is 0.333. The average Bonchev–Trinajstić information content (AvgIpc) is 2.18. The number of alkyl halides is 1. The molecule has 1 aromatic rings. The van der Waals surface area contributed by atoms with E-state index in [1.54, 1.807) is 0 Å². The van der Waals surface area contributed by atoms with Gasteiger partial charge in [0.25, 0.3) is 0 Å². The Kier molecular flexibility index (Phi) is 3.37. The van der Waals surface area contributed by atoms with E-state index in [0.29, 0.717) is 23.8 Å². The molecule has 0 saturated heterocycles. The van der Waals surface area contributed by atoms with E-state index in [1.807, 2.05) is 6.92 Å². The fourth-order valence-electron chi connectivity index (χ4n) is 0.807. The summed E-state index contributed by atoms with van der Waals surface area (Å²) in [6.07, 6.45) is 2.85. The number of halogens is 1. The smallest absolute Gasteiger partial charge is 0.194 e. The zero-order valence-electron chi connectivity index (χ0n) is 7.46. The second kappa shape index (κ2) is 4.54. The molecule has 13 heavy (non-hydrogen) atoms. The van der Waals surface area contributed by atoms with Gasteiger partial charge in [-0.05, 0) is 6.92 Å². The fourth-order valence-corrected chi connectivity index (χ4v) is 0.807. The van der Waals surface area contributed by atoms with Crippen LogP contribution in [0.3, 0.4) is 0 Å². The van der Waals surface area contributed by atoms with E-state index in [1.165, 1.54) is 12.4 Å². The van der Waals surface area contributed by atoms with Crippen molar-refractivity contribution in [1.29, 1.82) is 0 Å². The Morgan fingerprint density at radius 1 is 1.54 bits per heavy atom. The lowest BCUT2D eigenvalue weighted by molar-refractivity contribution is 0.296. The molecular weight excluding hydrogens is 171 g/mol. The minimum absolute atomic E-state index is 0.402. The Morgan fingerprint density at radius 2 is 2.15 bits per heavy atom. The van der Waals surface area contributed by atoms with Gasteiger partial charge in [0.1, 0.15) is 6.67 Å². The Labute approximate surface area is 76.3 Å². The third-order valence-corrected chi connectivity index (χ3v) is 1.43. The van der Waals surface area contributed by atoms with Crippen molar-refractivity contribution in [3.05, 3.63) is 30.4 Å². The number of aromatic nitrogens is 2. The monoisotopic (exact) mass is 182 g/mol. The van der Waals surface area contributed by atoms with Crippen molar-refractivity contribution in [2.24, 2.45) is 0 Å². The van der Waals surface area contributed by atoms with E-state index in [-0.39, 0.29) is 0 Å². The first-order valence-electron chi connectivity index (χ1n) is 3.97.